The first-order valence-corrected chi connectivity index (χ1v) is 3.59. The molecular weight excluding hydrogens is 158 g/mol. The van der Waals surface area contributed by atoms with Crippen molar-refractivity contribution in [3.63, 3.8) is 0 Å². The lowest BCUT2D eigenvalue weighted by Crippen LogP contribution is -2.14. The van der Waals surface area contributed by atoms with Crippen molar-refractivity contribution >= 4 is 5.97 Å². The highest BCUT2D eigenvalue weighted by Crippen LogP contribution is 1.97. The molecule has 0 N–H and O–H groups in total. The number of ether oxygens (including phenoxy) is 2. The molecule has 0 fully saturated rings. The van der Waals surface area contributed by atoms with Crippen molar-refractivity contribution in [3.05, 3.63) is 11.8 Å². The van der Waals surface area contributed by atoms with E-state index in [0.29, 0.717) is 6.54 Å². The van der Waals surface area contributed by atoms with Crippen LogP contribution in [-0.4, -0.2) is 45.7 Å². The second-order valence-electron chi connectivity index (χ2n) is 2.53. The number of likely N-dealkylation sites (N-methyl/N-ethyl adjacent to an activating group) is 1. The third kappa shape index (κ3) is 3.98. The van der Waals surface area contributed by atoms with E-state index in [9.17, 15) is 4.79 Å². The van der Waals surface area contributed by atoms with Crippen LogP contribution in [0, 0.1) is 0 Å². The molecule has 0 unspecified atom stereocenters. The number of nitrogens with zero attached hydrogens (tertiary/aromatic N) is 1. The molecule has 0 aliphatic heterocycles. The minimum Gasteiger partial charge on any atom is -0.490 e. The van der Waals surface area contributed by atoms with Gasteiger partial charge in [0, 0.05) is 6.54 Å². The van der Waals surface area contributed by atoms with E-state index in [4.69, 9.17) is 4.74 Å². The summed E-state index contributed by atoms with van der Waals surface area (Å²) < 4.78 is 9.30. The largest absolute Gasteiger partial charge is 0.490 e. The molecule has 0 saturated heterocycles. The summed E-state index contributed by atoms with van der Waals surface area (Å²) >= 11 is 0. The van der Waals surface area contributed by atoms with Crippen molar-refractivity contribution in [2.24, 2.45) is 0 Å². The van der Waals surface area contributed by atoms with Gasteiger partial charge in [0.1, 0.15) is 0 Å². The number of carbonyl (C=O) groups excluding carboxylic acids is 1. The van der Waals surface area contributed by atoms with E-state index in [1.807, 2.05) is 19.0 Å². The van der Waals surface area contributed by atoms with Gasteiger partial charge in [-0.3, -0.25) is 0 Å². The van der Waals surface area contributed by atoms with E-state index in [0.717, 1.165) is 0 Å². The molecule has 0 saturated carbocycles. The average Bonchev–Trinajstić information content (AvgIpc) is 2.04. The molecule has 0 aromatic carbocycles. The standard InChI is InChI=1S/C8H15NO3/c1-9(2)6-5-7(11-3)8(10)12-4/h5H,6H2,1-4H3. The monoisotopic (exact) mass is 173 g/mol. The van der Waals surface area contributed by atoms with Crippen LogP contribution in [0.5, 0.6) is 0 Å². The molecule has 0 bridgehead atoms. The Kier molecular flexibility index (Phi) is 5.12. The van der Waals surface area contributed by atoms with Crippen LogP contribution in [-0.2, 0) is 14.3 Å². The Morgan fingerprint density at radius 1 is 1.33 bits per heavy atom. The van der Waals surface area contributed by atoms with Crippen molar-refractivity contribution in [3.8, 4) is 0 Å². The molecule has 0 aliphatic rings. The lowest BCUT2D eigenvalue weighted by atomic mass is 10.4. The number of rotatable bonds is 4. The molecule has 0 atom stereocenters. The second kappa shape index (κ2) is 5.60. The lowest BCUT2D eigenvalue weighted by Gasteiger charge is -2.07. The van der Waals surface area contributed by atoms with Gasteiger partial charge < -0.3 is 14.4 Å². The third-order valence-electron chi connectivity index (χ3n) is 1.25. The fourth-order valence-corrected chi connectivity index (χ4v) is 0.616. The van der Waals surface area contributed by atoms with E-state index in [1.165, 1.54) is 14.2 Å². The molecule has 4 nitrogen and oxygen atoms in total. The van der Waals surface area contributed by atoms with Crippen LogP contribution in [0.1, 0.15) is 0 Å². The smallest absolute Gasteiger partial charge is 0.373 e. The van der Waals surface area contributed by atoms with Gasteiger partial charge in [-0.1, -0.05) is 0 Å². The third-order valence-corrected chi connectivity index (χ3v) is 1.25. The molecule has 12 heavy (non-hydrogen) atoms. The summed E-state index contributed by atoms with van der Waals surface area (Å²) in [5.74, 6) is -0.203. The Labute approximate surface area is 72.8 Å². The summed E-state index contributed by atoms with van der Waals surface area (Å²) in [6.45, 7) is 0.651. The molecule has 0 spiro atoms. The van der Waals surface area contributed by atoms with Crippen LogP contribution in [0.2, 0.25) is 0 Å². The van der Waals surface area contributed by atoms with Crippen LogP contribution in [0.25, 0.3) is 0 Å². The van der Waals surface area contributed by atoms with E-state index in [-0.39, 0.29) is 5.76 Å². The highest BCUT2D eigenvalue weighted by Gasteiger charge is 2.08. The minimum atomic E-state index is -0.445. The zero-order valence-corrected chi connectivity index (χ0v) is 7.96. The van der Waals surface area contributed by atoms with Gasteiger partial charge in [-0.25, -0.2) is 4.79 Å². The maximum Gasteiger partial charge on any atom is 0.373 e. The van der Waals surface area contributed by atoms with Crippen molar-refractivity contribution in [1.29, 1.82) is 0 Å². The van der Waals surface area contributed by atoms with E-state index < -0.39 is 5.97 Å². The van der Waals surface area contributed by atoms with Gasteiger partial charge in [0.25, 0.3) is 0 Å². The molecule has 0 rings (SSSR count). The molecule has 0 aromatic heterocycles. The molecule has 4 heteroatoms. The zero-order valence-electron chi connectivity index (χ0n) is 7.96. The van der Waals surface area contributed by atoms with Crippen LogP contribution >= 0.6 is 0 Å². The van der Waals surface area contributed by atoms with Gasteiger partial charge in [0.2, 0.25) is 5.76 Å². The fourth-order valence-electron chi connectivity index (χ4n) is 0.616. The van der Waals surface area contributed by atoms with Gasteiger partial charge in [-0.05, 0) is 20.2 Å². The van der Waals surface area contributed by atoms with Gasteiger partial charge >= 0.3 is 5.97 Å². The zero-order chi connectivity index (χ0) is 9.56. The van der Waals surface area contributed by atoms with Crippen LogP contribution in [0.3, 0.4) is 0 Å². The predicted molar refractivity (Wildman–Crippen MR) is 45.7 cm³/mol. The number of esters is 1. The average molecular weight is 173 g/mol. The minimum absolute atomic E-state index is 0.242. The Bertz CT molecular complexity index is 175. The molecule has 0 radical (unpaired) electrons. The van der Waals surface area contributed by atoms with Crippen molar-refractivity contribution in [1.82, 2.24) is 4.90 Å². The van der Waals surface area contributed by atoms with Gasteiger partial charge in [0.05, 0.1) is 14.2 Å². The Morgan fingerprint density at radius 3 is 2.25 bits per heavy atom. The Morgan fingerprint density at radius 2 is 1.92 bits per heavy atom. The Hall–Kier alpha value is -1.03. The van der Waals surface area contributed by atoms with Crippen molar-refractivity contribution in [2.75, 3.05) is 34.9 Å². The predicted octanol–water partition coefficient (Wildman–Crippen LogP) is 0.251. The number of hydrogen-bond donors (Lipinski definition) is 0. The van der Waals surface area contributed by atoms with Crippen LogP contribution in [0.4, 0.5) is 0 Å². The summed E-state index contributed by atoms with van der Waals surface area (Å²) in [7, 11) is 6.57. The molecule has 70 valence electrons. The lowest BCUT2D eigenvalue weighted by molar-refractivity contribution is -0.139. The van der Waals surface area contributed by atoms with Crippen LogP contribution < -0.4 is 0 Å². The highest BCUT2D eigenvalue weighted by atomic mass is 16.6. The summed E-state index contributed by atoms with van der Waals surface area (Å²) in [6, 6.07) is 0. The fraction of sp³-hybridized carbons (Fsp3) is 0.625. The first-order valence-electron chi connectivity index (χ1n) is 3.59. The maximum atomic E-state index is 10.9. The van der Waals surface area contributed by atoms with E-state index in [2.05, 4.69) is 4.74 Å². The summed E-state index contributed by atoms with van der Waals surface area (Å²) in [5.41, 5.74) is 0. The van der Waals surface area contributed by atoms with E-state index in [1.54, 1.807) is 6.08 Å². The Balaban J connectivity index is 4.13. The van der Waals surface area contributed by atoms with Gasteiger partial charge in [0.15, 0.2) is 0 Å². The number of methoxy groups -OCH3 is 2. The molecule has 0 aliphatic carbocycles. The highest BCUT2D eigenvalue weighted by molar-refractivity contribution is 5.86. The molecular formula is C8H15NO3. The molecule has 0 heterocycles. The molecule has 0 amide bonds. The first-order chi connectivity index (χ1) is 5.61. The SMILES string of the molecule is COC(=O)C(=CCN(C)C)OC. The van der Waals surface area contributed by atoms with Crippen molar-refractivity contribution < 1.29 is 14.3 Å². The maximum absolute atomic E-state index is 10.9. The van der Waals surface area contributed by atoms with E-state index >= 15 is 0 Å². The second-order valence-corrected chi connectivity index (χ2v) is 2.53. The summed E-state index contributed by atoms with van der Waals surface area (Å²) in [4.78, 5) is 12.8. The van der Waals surface area contributed by atoms with Gasteiger partial charge in [-0.2, -0.15) is 0 Å². The topological polar surface area (TPSA) is 38.8 Å². The molecule has 0 aromatic rings. The first kappa shape index (κ1) is 11.0. The number of hydrogen-bond acceptors (Lipinski definition) is 4. The van der Waals surface area contributed by atoms with Crippen molar-refractivity contribution in [2.45, 2.75) is 0 Å². The summed E-state index contributed by atoms with van der Waals surface area (Å²) in [5, 5.41) is 0. The normalized spacial score (nSPS) is 11.6. The quantitative estimate of drug-likeness (QED) is 0.347. The van der Waals surface area contributed by atoms with Gasteiger partial charge in [-0.15, -0.1) is 0 Å². The van der Waals surface area contributed by atoms with Crippen LogP contribution in [0.15, 0.2) is 11.8 Å². The number of carbonyl (C=O) groups is 1. The summed E-state index contributed by atoms with van der Waals surface area (Å²) in [6.07, 6.45) is 1.67.